The molecule has 4 aromatic rings. The molecule has 4 aliphatic heterocycles. The zero-order valence-corrected chi connectivity index (χ0v) is 25.2. The van der Waals surface area contributed by atoms with Gasteiger partial charge >= 0.3 is 6.01 Å². The molecule has 8 rings (SSSR count). The highest BCUT2D eigenvalue weighted by atomic mass is 19.1. The molecular formula is C34H33F3N6O3. The van der Waals surface area contributed by atoms with Crippen LogP contribution in [0.2, 0.25) is 0 Å². The van der Waals surface area contributed by atoms with Crippen molar-refractivity contribution in [3.63, 3.8) is 0 Å². The third-order valence-electron chi connectivity index (χ3n) is 9.85. The first-order chi connectivity index (χ1) is 22.3. The first-order valence-corrected chi connectivity index (χ1v) is 15.9. The van der Waals surface area contributed by atoms with Crippen LogP contribution in [0.3, 0.4) is 0 Å². The lowest BCUT2D eigenvalue weighted by atomic mass is 9.95. The third kappa shape index (κ3) is 4.67. The summed E-state index contributed by atoms with van der Waals surface area (Å²) in [5.41, 5.74) is -0.719. The smallest absolute Gasteiger partial charge is 0.319 e. The van der Waals surface area contributed by atoms with Gasteiger partial charge in [0, 0.05) is 37.0 Å². The minimum absolute atomic E-state index is 0.0334. The van der Waals surface area contributed by atoms with E-state index < -0.39 is 23.3 Å². The summed E-state index contributed by atoms with van der Waals surface area (Å²) >= 11 is 0. The fourth-order valence-corrected chi connectivity index (χ4v) is 7.75. The first kappa shape index (κ1) is 29.1. The van der Waals surface area contributed by atoms with Gasteiger partial charge in [-0.2, -0.15) is 9.97 Å². The number of phenols is 1. The van der Waals surface area contributed by atoms with E-state index in [1.807, 2.05) is 5.01 Å². The Morgan fingerprint density at radius 3 is 2.78 bits per heavy atom. The van der Waals surface area contributed by atoms with Crippen LogP contribution >= 0.6 is 0 Å². The highest BCUT2D eigenvalue weighted by Crippen LogP contribution is 2.44. The van der Waals surface area contributed by atoms with E-state index >= 15 is 4.39 Å². The Morgan fingerprint density at radius 1 is 1.04 bits per heavy atom. The van der Waals surface area contributed by atoms with E-state index in [4.69, 9.17) is 20.9 Å². The molecule has 2 aromatic heterocycles. The molecule has 3 fully saturated rings. The number of aromatic hydroxyl groups is 1. The van der Waals surface area contributed by atoms with E-state index in [2.05, 4.69) is 25.8 Å². The van der Waals surface area contributed by atoms with Gasteiger partial charge < -0.3 is 14.6 Å². The lowest BCUT2D eigenvalue weighted by Crippen LogP contribution is -2.46. The van der Waals surface area contributed by atoms with E-state index in [1.165, 1.54) is 24.3 Å². The van der Waals surface area contributed by atoms with Gasteiger partial charge in [0.25, 0.3) is 0 Å². The van der Waals surface area contributed by atoms with Gasteiger partial charge in [0.1, 0.15) is 47.5 Å². The standard InChI is InChI=1S/C34H33F3N6O3/c1-2-23-25(36)8-7-20-15-22(44)16-24(26(20)23)29-28(37)30-27-31(43-12-5-3-4-11-42(43)13-14-45-32(27)38-29)40-33(39-30)46-19-34-9-6-10-41(34)18-21(35)17-34/h1,7-8,15-16,21,44H,3-6,9-14,17-19H2/t21-,34+/m1/s1. The van der Waals surface area contributed by atoms with Crippen molar-refractivity contribution in [2.45, 2.75) is 50.2 Å². The molecule has 238 valence electrons. The molecule has 0 saturated carbocycles. The van der Waals surface area contributed by atoms with Gasteiger partial charge in [-0.15, -0.1) is 6.42 Å². The molecule has 0 bridgehead atoms. The number of anilines is 1. The lowest BCUT2D eigenvalue weighted by molar-refractivity contribution is 0.107. The molecule has 3 saturated heterocycles. The van der Waals surface area contributed by atoms with Crippen molar-refractivity contribution in [1.82, 2.24) is 24.9 Å². The summed E-state index contributed by atoms with van der Waals surface area (Å²) < 4.78 is 58.9. The minimum atomic E-state index is -0.930. The predicted octanol–water partition coefficient (Wildman–Crippen LogP) is 5.37. The van der Waals surface area contributed by atoms with E-state index in [-0.39, 0.29) is 58.6 Å². The summed E-state index contributed by atoms with van der Waals surface area (Å²) in [6.07, 6.45) is 9.84. The van der Waals surface area contributed by atoms with Crippen molar-refractivity contribution < 1.29 is 27.8 Å². The van der Waals surface area contributed by atoms with E-state index in [1.54, 1.807) is 0 Å². The second kappa shape index (κ2) is 11.2. The van der Waals surface area contributed by atoms with Crippen LogP contribution in [0.5, 0.6) is 17.6 Å². The Morgan fingerprint density at radius 2 is 1.91 bits per heavy atom. The highest BCUT2D eigenvalue weighted by molar-refractivity contribution is 6.04. The summed E-state index contributed by atoms with van der Waals surface area (Å²) in [7, 11) is 0. The highest BCUT2D eigenvalue weighted by Gasteiger charge is 2.49. The molecule has 0 spiro atoms. The van der Waals surface area contributed by atoms with Gasteiger partial charge in [0.15, 0.2) is 11.6 Å². The molecule has 6 heterocycles. The summed E-state index contributed by atoms with van der Waals surface area (Å²) in [5.74, 6) is 1.27. The summed E-state index contributed by atoms with van der Waals surface area (Å²) in [6, 6.07) is 5.40. The Kier molecular flexibility index (Phi) is 7.06. The van der Waals surface area contributed by atoms with Crippen LogP contribution in [-0.2, 0) is 0 Å². The molecule has 46 heavy (non-hydrogen) atoms. The number of nitrogens with zero attached hydrogens (tertiary/aromatic N) is 6. The van der Waals surface area contributed by atoms with Crippen LogP contribution in [0.4, 0.5) is 19.0 Å². The second-order valence-electron chi connectivity index (χ2n) is 12.6. The maximum Gasteiger partial charge on any atom is 0.319 e. The fraction of sp³-hybridized carbons (Fsp3) is 0.441. The third-order valence-corrected chi connectivity index (χ3v) is 9.85. The maximum atomic E-state index is 17.0. The molecule has 2 aromatic carbocycles. The lowest BCUT2D eigenvalue weighted by Gasteiger charge is -2.36. The van der Waals surface area contributed by atoms with Crippen molar-refractivity contribution in [1.29, 1.82) is 0 Å². The number of halogens is 3. The van der Waals surface area contributed by atoms with Gasteiger partial charge in [0.2, 0.25) is 5.88 Å². The van der Waals surface area contributed by atoms with Crippen molar-refractivity contribution in [2.24, 2.45) is 0 Å². The average molecular weight is 631 g/mol. The van der Waals surface area contributed by atoms with Crippen LogP contribution < -0.4 is 14.5 Å². The number of hydrogen-bond acceptors (Lipinski definition) is 9. The van der Waals surface area contributed by atoms with Crippen LogP contribution in [0.1, 0.15) is 44.1 Å². The molecule has 4 aliphatic rings. The number of fused-ring (bicyclic) bond motifs is 4. The maximum absolute atomic E-state index is 17.0. The van der Waals surface area contributed by atoms with Crippen LogP contribution in [-0.4, -0.2) is 87.6 Å². The Balaban J connectivity index is 1.34. The molecule has 12 heteroatoms. The number of terminal acetylenes is 1. The van der Waals surface area contributed by atoms with Crippen LogP contribution in [0.25, 0.3) is 32.9 Å². The molecular weight excluding hydrogens is 597 g/mol. The molecule has 1 N–H and O–H groups in total. The van der Waals surface area contributed by atoms with Crippen molar-refractivity contribution in [3.8, 4) is 41.2 Å². The number of benzene rings is 2. The molecule has 0 aliphatic carbocycles. The van der Waals surface area contributed by atoms with Gasteiger partial charge in [-0.25, -0.2) is 23.2 Å². The largest absolute Gasteiger partial charge is 0.508 e. The molecule has 9 nitrogen and oxygen atoms in total. The average Bonchev–Trinajstić information content (AvgIpc) is 3.46. The molecule has 0 radical (unpaired) electrons. The van der Waals surface area contributed by atoms with Crippen molar-refractivity contribution in [3.05, 3.63) is 41.5 Å². The van der Waals surface area contributed by atoms with Gasteiger partial charge in [-0.3, -0.25) is 9.91 Å². The zero-order valence-electron chi connectivity index (χ0n) is 25.2. The second-order valence-corrected chi connectivity index (χ2v) is 12.6. The number of ether oxygens (including phenoxy) is 2. The molecule has 2 atom stereocenters. The summed E-state index contributed by atoms with van der Waals surface area (Å²) in [5, 5.41) is 15.8. The van der Waals surface area contributed by atoms with Crippen molar-refractivity contribution >= 4 is 27.5 Å². The summed E-state index contributed by atoms with van der Waals surface area (Å²) in [4.78, 5) is 16.2. The van der Waals surface area contributed by atoms with Crippen LogP contribution in [0, 0.1) is 24.0 Å². The van der Waals surface area contributed by atoms with Crippen molar-refractivity contribution in [2.75, 3.05) is 50.9 Å². The number of phenolic OH excluding ortho intramolecular Hbond substituents is 1. The Hall–Kier alpha value is -4.34. The monoisotopic (exact) mass is 630 g/mol. The number of alkyl halides is 1. The van der Waals surface area contributed by atoms with Gasteiger partial charge in [-0.05, 0) is 55.8 Å². The van der Waals surface area contributed by atoms with Gasteiger partial charge in [0.05, 0.1) is 17.6 Å². The number of hydrazine groups is 1. The van der Waals surface area contributed by atoms with E-state index in [0.29, 0.717) is 42.6 Å². The number of rotatable bonds is 4. The zero-order chi connectivity index (χ0) is 31.6. The molecule has 0 amide bonds. The Labute approximate surface area is 263 Å². The number of hydrogen-bond donors (Lipinski definition) is 1. The Bertz CT molecular complexity index is 1920. The molecule has 0 unspecified atom stereocenters. The quantitative estimate of drug-likeness (QED) is 0.300. The van der Waals surface area contributed by atoms with Crippen LogP contribution in [0.15, 0.2) is 24.3 Å². The fourth-order valence-electron chi connectivity index (χ4n) is 7.75. The van der Waals surface area contributed by atoms with E-state index in [9.17, 15) is 13.9 Å². The predicted molar refractivity (Wildman–Crippen MR) is 167 cm³/mol. The number of aromatic nitrogens is 3. The normalized spacial score (nSPS) is 23.3. The summed E-state index contributed by atoms with van der Waals surface area (Å²) in [6.45, 7) is 3.60. The van der Waals surface area contributed by atoms with Gasteiger partial charge in [-0.1, -0.05) is 18.4 Å². The minimum Gasteiger partial charge on any atom is -0.508 e. The topological polar surface area (TPSA) is 87.1 Å². The van der Waals surface area contributed by atoms with E-state index in [0.717, 1.165) is 45.2 Å². The number of pyridine rings is 1. The SMILES string of the molecule is C#Cc1c(F)ccc2cc(O)cc(-c3nc4c5c(nc(OC[C@@]67CCCN6C[C@H](F)C7)nc5c3F)N3CCCCCN3CCO4)c12. The first-order valence-electron chi connectivity index (χ1n) is 15.9.